The quantitative estimate of drug-likeness (QED) is 0.684. The lowest BCUT2D eigenvalue weighted by molar-refractivity contribution is -0.385. The van der Waals surface area contributed by atoms with E-state index in [1.807, 2.05) is 0 Å². The molecule has 0 saturated heterocycles. The van der Waals surface area contributed by atoms with Crippen molar-refractivity contribution in [1.29, 1.82) is 5.26 Å². The molecule has 1 amide bonds. The smallest absolute Gasteiger partial charge is 0.305 e. The standard InChI is InChI=1S/C14H10N4O4/c1-9(19)16-10-2-4-11(5-3-10)22-14-7-6-13(18(20)21)12(8-15)17-14/h2-7H,1H3,(H,16,19). The number of nitro groups is 1. The molecule has 0 aliphatic carbocycles. The van der Waals surface area contributed by atoms with E-state index in [1.54, 1.807) is 30.3 Å². The first-order chi connectivity index (χ1) is 10.5. The summed E-state index contributed by atoms with van der Waals surface area (Å²) in [5, 5.41) is 22.2. The molecular weight excluding hydrogens is 288 g/mol. The van der Waals surface area contributed by atoms with E-state index >= 15 is 0 Å². The van der Waals surface area contributed by atoms with Gasteiger partial charge in [0.15, 0.2) is 0 Å². The molecule has 1 aromatic carbocycles. The number of carbonyl (C=O) groups excluding carboxylic acids is 1. The molecule has 8 heteroatoms. The molecule has 0 spiro atoms. The zero-order valence-electron chi connectivity index (χ0n) is 11.4. The van der Waals surface area contributed by atoms with Gasteiger partial charge in [0.1, 0.15) is 11.8 Å². The highest BCUT2D eigenvalue weighted by atomic mass is 16.6. The predicted octanol–water partition coefficient (Wildman–Crippen LogP) is 2.61. The second-order valence-electron chi connectivity index (χ2n) is 4.19. The average Bonchev–Trinajstić information content (AvgIpc) is 2.48. The molecule has 0 radical (unpaired) electrons. The van der Waals surface area contributed by atoms with Gasteiger partial charge in [-0.25, -0.2) is 0 Å². The summed E-state index contributed by atoms with van der Waals surface area (Å²) in [5.41, 5.74) is -0.0950. The molecule has 2 aromatic rings. The fourth-order valence-corrected chi connectivity index (χ4v) is 1.65. The second-order valence-corrected chi connectivity index (χ2v) is 4.19. The van der Waals surface area contributed by atoms with Crippen LogP contribution in [0, 0.1) is 21.4 Å². The zero-order chi connectivity index (χ0) is 16.1. The lowest BCUT2D eigenvalue weighted by Crippen LogP contribution is -2.05. The summed E-state index contributed by atoms with van der Waals surface area (Å²) in [4.78, 5) is 24.7. The summed E-state index contributed by atoms with van der Waals surface area (Å²) in [5.74, 6) is 0.290. The van der Waals surface area contributed by atoms with Crippen molar-refractivity contribution in [2.75, 3.05) is 5.32 Å². The third-order valence-corrected chi connectivity index (χ3v) is 2.55. The highest BCUT2D eigenvalue weighted by Crippen LogP contribution is 2.25. The summed E-state index contributed by atoms with van der Waals surface area (Å²) >= 11 is 0. The maximum Gasteiger partial charge on any atom is 0.305 e. The van der Waals surface area contributed by atoms with Gasteiger partial charge in [-0.05, 0) is 24.3 Å². The fourth-order valence-electron chi connectivity index (χ4n) is 1.65. The first-order valence-electron chi connectivity index (χ1n) is 6.10. The van der Waals surface area contributed by atoms with Crippen molar-refractivity contribution in [3.8, 4) is 17.7 Å². The van der Waals surface area contributed by atoms with Crippen LogP contribution in [-0.2, 0) is 4.79 Å². The summed E-state index contributed by atoms with van der Waals surface area (Å²) in [6.07, 6.45) is 0. The topological polar surface area (TPSA) is 118 Å². The summed E-state index contributed by atoms with van der Waals surface area (Å²) in [6.45, 7) is 1.40. The Kier molecular flexibility index (Phi) is 4.29. The number of nitrogens with one attached hydrogen (secondary N) is 1. The second kappa shape index (κ2) is 6.32. The minimum absolute atomic E-state index is 0.0643. The first-order valence-corrected chi connectivity index (χ1v) is 6.10. The largest absolute Gasteiger partial charge is 0.439 e. The van der Waals surface area contributed by atoms with Gasteiger partial charge >= 0.3 is 5.69 Å². The summed E-state index contributed by atoms with van der Waals surface area (Å²) < 4.78 is 5.42. The number of aromatic nitrogens is 1. The number of carbonyl (C=O) groups is 1. The van der Waals surface area contributed by atoms with Crippen molar-refractivity contribution < 1.29 is 14.5 Å². The van der Waals surface area contributed by atoms with Crippen LogP contribution in [-0.4, -0.2) is 15.8 Å². The van der Waals surface area contributed by atoms with E-state index in [0.717, 1.165) is 6.07 Å². The number of nitriles is 1. The van der Waals surface area contributed by atoms with Crippen LogP contribution in [0.3, 0.4) is 0 Å². The maximum absolute atomic E-state index is 10.9. The van der Waals surface area contributed by atoms with E-state index in [9.17, 15) is 14.9 Å². The number of nitrogens with zero attached hydrogens (tertiary/aromatic N) is 3. The van der Waals surface area contributed by atoms with Crippen molar-refractivity contribution in [1.82, 2.24) is 4.98 Å². The molecule has 1 heterocycles. The van der Waals surface area contributed by atoms with Crippen LogP contribution >= 0.6 is 0 Å². The van der Waals surface area contributed by atoms with Crippen molar-refractivity contribution >= 4 is 17.3 Å². The number of hydrogen-bond donors (Lipinski definition) is 1. The van der Waals surface area contributed by atoms with Crippen LogP contribution in [0.2, 0.25) is 0 Å². The van der Waals surface area contributed by atoms with Crippen LogP contribution < -0.4 is 10.1 Å². The monoisotopic (exact) mass is 298 g/mol. The lowest BCUT2D eigenvalue weighted by atomic mass is 10.3. The molecule has 1 N–H and O–H groups in total. The van der Waals surface area contributed by atoms with E-state index in [-0.39, 0.29) is 23.2 Å². The average molecular weight is 298 g/mol. The Bertz CT molecular complexity index is 765. The van der Waals surface area contributed by atoms with Crippen LogP contribution in [0.25, 0.3) is 0 Å². The van der Waals surface area contributed by atoms with Gasteiger partial charge in [0.05, 0.1) is 4.92 Å². The number of rotatable bonds is 4. The summed E-state index contributed by atoms with van der Waals surface area (Å²) in [6, 6.07) is 10.6. The van der Waals surface area contributed by atoms with Crippen LogP contribution in [0.5, 0.6) is 11.6 Å². The van der Waals surface area contributed by atoms with E-state index in [4.69, 9.17) is 10.00 Å². The predicted molar refractivity (Wildman–Crippen MR) is 76.4 cm³/mol. The van der Waals surface area contributed by atoms with Gasteiger partial charge in [-0.15, -0.1) is 0 Å². The van der Waals surface area contributed by atoms with Gasteiger partial charge in [0, 0.05) is 24.7 Å². The fraction of sp³-hybridized carbons (Fsp3) is 0.0714. The SMILES string of the molecule is CC(=O)Nc1ccc(Oc2ccc([N+](=O)[O-])c(C#N)n2)cc1. The van der Waals surface area contributed by atoms with Gasteiger partial charge in [0.2, 0.25) is 17.5 Å². The Morgan fingerprint density at radius 1 is 1.32 bits per heavy atom. The molecule has 2 rings (SSSR count). The zero-order valence-corrected chi connectivity index (χ0v) is 11.4. The molecule has 0 fully saturated rings. The molecular formula is C14H10N4O4. The van der Waals surface area contributed by atoms with Gasteiger partial charge in [-0.1, -0.05) is 0 Å². The van der Waals surface area contributed by atoms with Gasteiger partial charge in [0.25, 0.3) is 0 Å². The molecule has 0 aliphatic heterocycles. The normalized spacial score (nSPS) is 9.64. The van der Waals surface area contributed by atoms with Crippen molar-refractivity contribution in [2.24, 2.45) is 0 Å². The number of benzene rings is 1. The molecule has 0 atom stereocenters. The van der Waals surface area contributed by atoms with Crippen molar-refractivity contribution in [2.45, 2.75) is 6.92 Å². The minimum atomic E-state index is -0.683. The lowest BCUT2D eigenvalue weighted by Gasteiger charge is -2.06. The van der Waals surface area contributed by atoms with Crippen LogP contribution in [0.4, 0.5) is 11.4 Å². The summed E-state index contributed by atoms with van der Waals surface area (Å²) in [7, 11) is 0. The molecule has 0 bridgehead atoms. The minimum Gasteiger partial charge on any atom is -0.439 e. The number of ether oxygens (including phenoxy) is 1. The van der Waals surface area contributed by atoms with E-state index < -0.39 is 4.92 Å². The van der Waals surface area contributed by atoms with Gasteiger partial charge in [-0.3, -0.25) is 14.9 Å². The molecule has 0 unspecified atom stereocenters. The molecule has 1 aromatic heterocycles. The van der Waals surface area contributed by atoms with Crippen LogP contribution in [0.1, 0.15) is 12.6 Å². The van der Waals surface area contributed by atoms with Crippen molar-refractivity contribution in [3.63, 3.8) is 0 Å². The van der Waals surface area contributed by atoms with Gasteiger partial charge in [-0.2, -0.15) is 10.2 Å². The number of hydrogen-bond acceptors (Lipinski definition) is 6. The van der Waals surface area contributed by atoms with Crippen LogP contribution in [0.15, 0.2) is 36.4 Å². The van der Waals surface area contributed by atoms with E-state index in [0.29, 0.717) is 11.4 Å². The third kappa shape index (κ3) is 3.55. The Balaban J connectivity index is 2.19. The Morgan fingerprint density at radius 2 is 2.00 bits per heavy atom. The third-order valence-electron chi connectivity index (χ3n) is 2.55. The molecule has 110 valence electrons. The van der Waals surface area contributed by atoms with Gasteiger partial charge < -0.3 is 10.1 Å². The molecule has 8 nitrogen and oxygen atoms in total. The Labute approximate surface area is 125 Å². The van der Waals surface area contributed by atoms with E-state index in [2.05, 4.69) is 10.3 Å². The molecule has 0 saturated carbocycles. The molecule has 22 heavy (non-hydrogen) atoms. The number of anilines is 1. The first kappa shape index (κ1) is 14.9. The number of amides is 1. The Morgan fingerprint density at radius 3 is 2.55 bits per heavy atom. The van der Waals surface area contributed by atoms with Crippen molar-refractivity contribution in [3.05, 3.63) is 52.2 Å². The number of pyridine rings is 1. The highest BCUT2D eigenvalue weighted by Gasteiger charge is 2.16. The molecule has 0 aliphatic rings. The maximum atomic E-state index is 10.9. The van der Waals surface area contributed by atoms with E-state index in [1.165, 1.54) is 13.0 Å². The Hall–Kier alpha value is -3.47. The highest BCUT2D eigenvalue weighted by molar-refractivity contribution is 5.88.